The first-order valence-electron chi connectivity index (χ1n) is 7.26. The molecule has 0 saturated carbocycles. The van der Waals surface area contributed by atoms with Gasteiger partial charge in [0.05, 0.1) is 10.6 Å². The molecule has 1 aliphatic heterocycles. The van der Waals surface area contributed by atoms with Gasteiger partial charge >= 0.3 is 6.18 Å². The zero-order chi connectivity index (χ0) is 20.2. The fourth-order valence-electron chi connectivity index (χ4n) is 2.02. The molecule has 0 amide bonds. The predicted octanol–water partition coefficient (Wildman–Crippen LogP) is 3.03. The van der Waals surface area contributed by atoms with Gasteiger partial charge in [0, 0.05) is 25.1 Å². The molecule has 0 atom stereocenters. The Balaban J connectivity index is 0.000000273. The van der Waals surface area contributed by atoms with Crippen LogP contribution in [0.15, 0.2) is 46.4 Å². The number of benzene rings is 1. The molecule has 5 nitrogen and oxygen atoms in total. The zero-order valence-corrected chi connectivity index (χ0v) is 14.3. The number of anilines is 1. The minimum atomic E-state index is -4.44. The molecule has 2 N–H and O–H groups in total. The van der Waals surface area contributed by atoms with Gasteiger partial charge in [0.2, 0.25) is 10.0 Å². The van der Waals surface area contributed by atoms with Gasteiger partial charge in [-0.3, -0.25) is 5.01 Å². The number of nitrogens with zero attached hydrogens (tertiary/aromatic N) is 2. The number of primary sulfonamides is 1. The van der Waals surface area contributed by atoms with Gasteiger partial charge in [0.15, 0.2) is 5.82 Å². The fraction of sp³-hybridized carbons (Fsp3) is 0.188. The van der Waals surface area contributed by atoms with Gasteiger partial charge in [-0.05, 0) is 30.3 Å². The highest BCUT2D eigenvalue weighted by Crippen LogP contribution is 2.27. The molecule has 0 fully saturated rings. The SMILES string of the molecule is Fc1c#ccc(F)c1.NS(=O)(=O)c1ccc(N2CCC(C(F)(F)F)=N2)cc1. The number of hydrogen-bond acceptors (Lipinski definition) is 4. The van der Waals surface area contributed by atoms with Gasteiger partial charge in [0.1, 0.15) is 11.5 Å². The summed E-state index contributed by atoms with van der Waals surface area (Å²) in [5.74, 6) is -1.34. The van der Waals surface area contributed by atoms with Crippen molar-refractivity contribution in [2.24, 2.45) is 10.2 Å². The maximum Gasteiger partial charge on any atom is 0.431 e. The molecule has 2 aromatic rings. The Labute approximate surface area is 152 Å². The molecule has 0 radical (unpaired) electrons. The van der Waals surface area contributed by atoms with Crippen LogP contribution < -0.4 is 10.1 Å². The molecule has 27 heavy (non-hydrogen) atoms. The molecule has 0 saturated heterocycles. The Bertz CT molecular complexity index is 911. The highest BCUT2D eigenvalue weighted by atomic mass is 32.2. The van der Waals surface area contributed by atoms with Crippen molar-refractivity contribution in [3.05, 3.63) is 60.2 Å². The Morgan fingerprint density at radius 1 is 1.15 bits per heavy atom. The predicted molar refractivity (Wildman–Crippen MR) is 87.3 cm³/mol. The second kappa shape index (κ2) is 7.89. The molecule has 3 rings (SSSR count). The van der Waals surface area contributed by atoms with Crippen LogP contribution in [0.5, 0.6) is 0 Å². The molecule has 0 aliphatic carbocycles. The van der Waals surface area contributed by atoms with Crippen molar-refractivity contribution in [3.63, 3.8) is 0 Å². The summed E-state index contributed by atoms with van der Waals surface area (Å²) in [6.07, 6.45) is -4.63. The topological polar surface area (TPSA) is 75.8 Å². The molecule has 2 aromatic carbocycles. The second-order valence-electron chi connectivity index (χ2n) is 5.25. The lowest BCUT2D eigenvalue weighted by atomic mass is 10.2. The molecule has 0 aromatic heterocycles. The minimum Gasteiger partial charge on any atom is -0.265 e. The average molecular weight is 405 g/mol. The number of halogens is 5. The van der Waals surface area contributed by atoms with Crippen LogP contribution in [0.2, 0.25) is 0 Å². The molecule has 1 aliphatic rings. The normalized spacial score (nSPS) is 14.1. The van der Waals surface area contributed by atoms with Gasteiger partial charge in [-0.2, -0.15) is 22.7 Å². The largest absolute Gasteiger partial charge is 0.431 e. The van der Waals surface area contributed by atoms with Crippen LogP contribution in [0.1, 0.15) is 6.42 Å². The van der Waals surface area contributed by atoms with E-state index in [1.807, 2.05) is 6.07 Å². The van der Waals surface area contributed by atoms with E-state index < -0.39 is 33.5 Å². The van der Waals surface area contributed by atoms with Crippen LogP contribution in [0.4, 0.5) is 27.6 Å². The van der Waals surface area contributed by atoms with Crippen molar-refractivity contribution < 1.29 is 30.4 Å². The molecule has 1 heterocycles. The van der Waals surface area contributed by atoms with Gasteiger partial charge in [-0.1, -0.05) is 6.07 Å². The van der Waals surface area contributed by atoms with Crippen LogP contribution in [0.3, 0.4) is 0 Å². The molecule has 0 unspecified atom stereocenters. The van der Waals surface area contributed by atoms with E-state index in [4.69, 9.17) is 5.14 Å². The molecular weight excluding hydrogens is 393 g/mol. The van der Waals surface area contributed by atoms with Crippen molar-refractivity contribution in [2.45, 2.75) is 17.5 Å². The summed E-state index contributed by atoms with van der Waals surface area (Å²) in [4.78, 5) is -0.101. The van der Waals surface area contributed by atoms with E-state index in [1.54, 1.807) is 0 Å². The van der Waals surface area contributed by atoms with E-state index in [2.05, 4.69) is 11.2 Å². The Hall–Kier alpha value is -2.71. The van der Waals surface area contributed by atoms with Gasteiger partial charge in [-0.15, -0.1) is 0 Å². The molecule has 11 heteroatoms. The molecule has 144 valence electrons. The van der Waals surface area contributed by atoms with Crippen molar-refractivity contribution in [2.75, 3.05) is 11.6 Å². The van der Waals surface area contributed by atoms with Gasteiger partial charge in [0.25, 0.3) is 0 Å². The number of alkyl halides is 3. The average Bonchev–Trinajstić information content (AvgIpc) is 3.05. The maximum absolute atomic E-state index is 12.4. The summed E-state index contributed by atoms with van der Waals surface area (Å²) in [5, 5.41) is 9.56. The third-order valence-corrected chi connectivity index (χ3v) is 4.19. The summed E-state index contributed by atoms with van der Waals surface area (Å²) in [5.41, 5.74) is -0.463. The first-order chi connectivity index (χ1) is 12.5. The number of nitrogens with two attached hydrogens (primary N) is 1. The number of sulfonamides is 1. The van der Waals surface area contributed by atoms with E-state index in [0.717, 1.165) is 12.1 Å². The van der Waals surface area contributed by atoms with Crippen LogP contribution in [-0.4, -0.2) is 26.9 Å². The van der Waals surface area contributed by atoms with Crippen molar-refractivity contribution in [1.82, 2.24) is 0 Å². The summed E-state index contributed by atoms with van der Waals surface area (Å²) in [7, 11) is -3.81. The number of rotatable bonds is 2. The lowest BCUT2D eigenvalue weighted by Gasteiger charge is -2.13. The summed E-state index contributed by atoms with van der Waals surface area (Å²) in [6, 6.07) is 11.1. The van der Waals surface area contributed by atoms with Crippen LogP contribution >= 0.6 is 0 Å². The lowest BCUT2D eigenvalue weighted by Crippen LogP contribution is -2.20. The quantitative estimate of drug-likeness (QED) is 0.781. The fourth-order valence-corrected chi connectivity index (χ4v) is 2.54. The maximum atomic E-state index is 12.4. The smallest absolute Gasteiger partial charge is 0.265 e. The molecule has 0 bridgehead atoms. The van der Waals surface area contributed by atoms with Crippen LogP contribution in [-0.2, 0) is 10.0 Å². The van der Waals surface area contributed by atoms with Gasteiger partial charge < -0.3 is 0 Å². The Morgan fingerprint density at radius 3 is 2.19 bits per heavy atom. The summed E-state index contributed by atoms with van der Waals surface area (Å²) in [6.45, 7) is 0.101. The summed E-state index contributed by atoms with van der Waals surface area (Å²) < 4.78 is 83.0. The minimum absolute atomic E-state index is 0.101. The molecule has 0 spiro atoms. The van der Waals surface area contributed by atoms with Crippen LogP contribution in [0, 0.1) is 23.8 Å². The van der Waals surface area contributed by atoms with E-state index in [-0.39, 0.29) is 17.9 Å². The van der Waals surface area contributed by atoms with E-state index >= 15 is 0 Å². The standard InChI is InChI=1S/C10H10F3N3O2S.C6H2F2/c11-10(12,13)9-5-6-16(15-9)7-1-3-8(4-2-7)19(14,17)18;7-5-2-1-3-6(8)4-5/h1-4H,5-6H2,(H2,14,17,18);2,4H. The van der Waals surface area contributed by atoms with E-state index in [1.165, 1.54) is 29.3 Å². The highest BCUT2D eigenvalue weighted by molar-refractivity contribution is 7.89. The van der Waals surface area contributed by atoms with Crippen molar-refractivity contribution >= 4 is 21.4 Å². The van der Waals surface area contributed by atoms with Crippen molar-refractivity contribution in [1.29, 1.82) is 0 Å². The lowest BCUT2D eigenvalue weighted by molar-refractivity contribution is -0.0598. The molecular formula is C16H12F5N3O2S. The Morgan fingerprint density at radius 2 is 1.78 bits per heavy atom. The van der Waals surface area contributed by atoms with E-state index in [9.17, 15) is 30.4 Å². The number of hydrazone groups is 1. The van der Waals surface area contributed by atoms with Gasteiger partial charge in [-0.25, -0.2) is 17.9 Å². The van der Waals surface area contributed by atoms with Crippen LogP contribution in [0.25, 0.3) is 0 Å². The van der Waals surface area contributed by atoms with Crippen molar-refractivity contribution in [3.8, 4) is 0 Å². The third kappa shape index (κ3) is 5.90. The Kier molecular flexibility index (Phi) is 6.02. The zero-order valence-electron chi connectivity index (χ0n) is 13.5. The number of hydrogen-bond donors (Lipinski definition) is 1. The monoisotopic (exact) mass is 405 g/mol. The second-order valence-corrected chi connectivity index (χ2v) is 6.81. The highest BCUT2D eigenvalue weighted by Gasteiger charge is 2.39. The summed E-state index contributed by atoms with van der Waals surface area (Å²) >= 11 is 0. The third-order valence-electron chi connectivity index (χ3n) is 3.26. The van der Waals surface area contributed by atoms with E-state index in [0.29, 0.717) is 5.69 Å². The first kappa shape index (κ1) is 20.6. The first-order valence-corrected chi connectivity index (χ1v) is 8.81.